The summed E-state index contributed by atoms with van der Waals surface area (Å²) in [6.45, 7) is 1.26. The summed E-state index contributed by atoms with van der Waals surface area (Å²) in [5, 5.41) is 0. The fourth-order valence-electron chi connectivity index (χ4n) is 1.02. The number of ether oxygens (including phenoxy) is 2. The zero-order valence-electron chi connectivity index (χ0n) is 7.73. The third-order valence-electron chi connectivity index (χ3n) is 1.76. The smallest absolute Gasteiger partial charge is 0.264 e. The molecule has 0 aromatic heterocycles. The van der Waals surface area contributed by atoms with E-state index in [1.807, 2.05) is 0 Å². The third-order valence-corrected chi connectivity index (χ3v) is 2.33. The summed E-state index contributed by atoms with van der Waals surface area (Å²) in [7, 11) is -1.79. The van der Waals surface area contributed by atoms with Crippen molar-refractivity contribution in [2.75, 3.05) is 33.2 Å². The predicted molar refractivity (Wildman–Crippen MR) is 45.9 cm³/mol. The summed E-state index contributed by atoms with van der Waals surface area (Å²) < 4.78 is 36.0. The summed E-state index contributed by atoms with van der Waals surface area (Å²) >= 11 is 0. The average Bonchev–Trinajstić information content (AvgIpc) is 2.78. The van der Waals surface area contributed by atoms with Gasteiger partial charge < -0.3 is 9.47 Å². The van der Waals surface area contributed by atoms with Crippen LogP contribution in [0.25, 0.3) is 0 Å². The molecule has 0 saturated carbocycles. The first-order valence-corrected chi connectivity index (χ1v) is 5.79. The molecule has 0 radical (unpaired) electrons. The molecule has 1 aliphatic rings. The van der Waals surface area contributed by atoms with Gasteiger partial charge in [-0.25, -0.2) is 0 Å². The maximum absolute atomic E-state index is 10.7. The third kappa shape index (κ3) is 4.56. The lowest BCUT2D eigenvalue weighted by molar-refractivity contribution is 0.102. The Hall–Kier alpha value is -0.170. The Morgan fingerprint density at radius 1 is 1.54 bits per heavy atom. The lowest BCUT2D eigenvalue weighted by Crippen LogP contribution is -2.22. The van der Waals surface area contributed by atoms with Crippen LogP contribution >= 0.6 is 0 Å². The van der Waals surface area contributed by atoms with Gasteiger partial charge in [0.2, 0.25) is 0 Å². The number of rotatable bonds is 6. The molecule has 1 aliphatic heterocycles. The van der Waals surface area contributed by atoms with Crippen molar-refractivity contribution in [1.82, 2.24) is 0 Å². The molecule has 0 spiro atoms. The van der Waals surface area contributed by atoms with Gasteiger partial charge in [0.25, 0.3) is 10.1 Å². The van der Waals surface area contributed by atoms with Gasteiger partial charge >= 0.3 is 0 Å². The Balaban J connectivity index is 2.30. The van der Waals surface area contributed by atoms with Crippen molar-refractivity contribution in [3.8, 4) is 0 Å². The van der Waals surface area contributed by atoms with E-state index in [0.29, 0.717) is 13.2 Å². The molecule has 0 unspecified atom stereocenters. The van der Waals surface area contributed by atoms with Gasteiger partial charge in [0.05, 0.1) is 32.2 Å². The second-order valence-corrected chi connectivity index (χ2v) is 4.72. The van der Waals surface area contributed by atoms with Crippen LogP contribution in [0.4, 0.5) is 0 Å². The van der Waals surface area contributed by atoms with Crippen LogP contribution in [0.5, 0.6) is 0 Å². The summed E-state index contributed by atoms with van der Waals surface area (Å²) in [6.07, 6.45) is 1.13. The minimum atomic E-state index is -3.35. The molecule has 5 nitrogen and oxygen atoms in total. The average molecular weight is 210 g/mol. The van der Waals surface area contributed by atoms with Crippen LogP contribution in [0.3, 0.4) is 0 Å². The highest BCUT2D eigenvalue weighted by Crippen LogP contribution is 2.21. The largest absolute Gasteiger partial charge is 0.384 e. The number of methoxy groups -OCH3 is 1. The summed E-state index contributed by atoms with van der Waals surface area (Å²) in [4.78, 5) is 0. The topological polar surface area (TPSA) is 65.1 Å². The first-order chi connectivity index (χ1) is 6.03. The van der Waals surface area contributed by atoms with E-state index in [2.05, 4.69) is 4.18 Å². The summed E-state index contributed by atoms with van der Waals surface area (Å²) in [5.74, 6) is 0.0136. The van der Waals surface area contributed by atoms with Gasteiger partial charge in [-0.15, -0.1) is 0 Å². The van der Waals surface area contributed by atoms with E-state index in [1.165, 1.54) is 0 Å². The second kappa shape index (κ2) is 4.36. The molecule has 0 aromatic carbocycles. The van der Waals surface area contributed by atoms with Crippen LogP contribution in [0.1, 0.15) is 0 Å². The lowest BCUT2D eigenvalue weighted by Gasteiger charge is -2.11. The molecule has 0 aliphatic carbocycles. The first kappa shape index (κ1) is 10.9. The maximum atomic E-state index is 10.7. The summed E-state index contributed by atoms with van der Waals surface area (Å²) in [6, 6.07) is 0. The van der Waals surface area contributed by atoms with E-state index in [0.717, 1.165) is 6.26 Å². The van der Waals surface area contributed by atoms with Crippen molar-refractivity contribution in [3.63, 3.8) is 0 Å². The van der Waals surface area contributed by atoms with E-state index in [4.69, 9.17) is 9.47 Å². The first-order valence-electron chi connectivity index (χ1n) is 3.98. The van der Waals surface area contributed by atoms with Gasteiger partial charge in [0, 0.05) is 13.0 Å². The number of epoxide rings is 1. The molecular formula is C7H14O5S. The monoisotopic (exact) mass is 210 g/mol. The molecule has 78 valence electrons. The van der Waals surface area contributed by atoms with E-state index in [9.17, 15) is 8.42 Å². The van der Waals surface area contributed by atoms with Crippen molar-refractivity contribution < 1.29 is 22.1 Å². The number of hydrogen-bond acceptors (Lipinski definition) is 5. The lowest BCUT2D eigenvalue weighted by atomic mass is 10.1. The molecule has 13 heavy (non-hydrogen) atoms. The van der Waals surface area contributed by atoms with Crippen LogP contribution < -0.4 is 0 Å². The van der Waals surface area contributed by atoms with Gasteiger partial charge in [-0.05, 0) is 0 Å². The molecule has 0 aromatic rings. The van der Waals surface area contributed by atoms with Crippen molar-refractivity contribution in [2.45, 2.75) is 6.10 Å². The highest BCUT2D eigenvalue weighted by atomic mass is 32.2. The van der Waals surface area contributed by atoms with Crippen LogP contribution in [-0.2, 0) is 23.8 Å². The zero-order chi connectivity index (χ0) is 9.90. The Morgan fingerprint density at radius 3 is 2.54 bits per heavy atom. The SMILES string of the molecule is COC[C@@H](COS(C)(=O)=O)[C@@H]1CO1. The van der Waals surface area contributed by atoms with E-state index < -0.39 is 10.1 Å². The fraction of sp³-hybridized carbons (Fsp3) is 1.00. The minimum absolute atomic E-state index is 0.0136. The number of hydrogen-bond donors (Lipinski definition) is 0. The fourth-order valence-corrected chi connectivity index (χ4v) is 1.44. The summed E-state index contributed by atoms with van der Waals surface area (Å²) in [5.41, 5.74) is 0. The molecule has 1 saturated heterocycles. The molecular weight excluding hydrogens is 196 g/mol. The van der Waals surface area contributed by atoms with Gasteiger partial charge in [0.1, 0.15) is 0 Å². The quantitative estimate of drug-likeness (QED) is 0.442. The second-order valence-electron chi connectivity index (χ2n) is 3.08. The Morgan fingerprint density at radius 2 is 2.15 bits per heavy atom. The van der Waals surface area contributed by atoms with Crippen LogP contribution in [0.2, 0.25) is 0 Å². The van der Waals surface area contributed by atoms with Crippen molar-refractivity contribution in [3.05, 3.63) is 0 Å². The molecule has 0 N–H and O–H groups in total. The molecule has 2 atom stereocenters. The van der Waals surface area contributed by atoms with Gasteiger partial charge in [-0.2, -0.15) is 8.42 Å². The normalized spacial score (nSPS) is 24.3. The Bertz CT molecular complexity index is 244. The van der Waals surface area contributed by atoms with E-state index in [1.54, 1.807) is 7.11 Å². The van der Waals surface area contributed by atoms with Crippen molar-refractivity contribution >= 4 is 10.1 Å². The van der Waals surface area contributed by atoms with E-state index >= 15 is 0 Å². The van der Waals surface area contributed by atoms with Gasteiger partial charge in [-0.1, -0.05) is 0 Å². The highest BCUT2D eigenvalue weighted by molar-refractivity contribution is 7.85. The van der Waals surface area contributed by atoms with Gasteiger partial charge in [0.15, 0.2) is 0 Å². The van der Waals surface area contributed by atoms with E-state index in [-0.39, 0.29) is 18.6 Å². The Kier molecular flexibility index (Phi) is 3.66. The molecule has 1 fully saturated rings. The molecule has 0 bridgehead atoms. The predicted octanol–water partition coefficient (Wildman–Crippen LogP) is -0.376. The van der Waals surface area contributed by atoms with Crippen molar-refractivity contribution in [2.24, 2.45) is 5.92 Å². The van der Waals surface area contributed by atoms with Crippen LogP contribution in [-0.4, -0.2) is 47.7 Å². The van der Waals surface area contributed by atoms with Gasteiger partial charge in [-0.3, -0.25) is 4.18 Å². The van der Waals surface area contributed by atoms with Crippen LogP contribution in [0, 0.1) is 5.92 Å². The molecule has 1 rings (SSSR count). The zero-order valence-corrected chi connectivity index (χ0v) is 8.54. The van der Waals surface area contributed by atoms with Crippen molar-refractivity contribution in [1.29, 1.82) is 0 Å². The standard InChI is InChI=1S/C7H14O5S/c1-10-3-6(7-5-11-7)4-12-13(2,8)9/h6-7H,3-5H2,1-2H3/t6-,7-/m0/s1. The molecule has 6 heteroatoms. The Labute approximate surface area is 78.1 Å². The molecule has 1 heterocycles. The molecule has 0 amide bonds. The van der Waals surface area contributed by atoms with Crippen LogP contribution in [0.15, 0.2) is 0 Å². The minimum Gasteiger partial charge on any atom is -0.384 e. The highest BCUT2D eigenvalue weighted by Gasteiger charge is 2.33. The maximum Gasteiger partial charge on any atom is 0.264 e.